The van der Waals surface area contributed by atoms with Crippen LogP contribution in [0.25, 0.3) is 0 Å². The molecule has 0 aliphatic rings. The maximum atomic E-state index is 12.5. The van der Waals surface area contributed by atoms with Gasteiger partial charge in [0.2, 0.25) is 0 Å². The number of hydrogen-bond acceptors (Lipinski definition) is 3. The number of benzene rings is 1. The highest BCUT2D eigenvalue weighted by atomic mass is 35.5. The fourth-order valence-electron chi connectivity index (χ4n) is 2.50. The van der Waals surface area contributed by atoms with Crippen LogP contribution in [0, 0.1) is 5.92 Å². The number of amides is 2. The van der Waals surface area contributed by atoms with Gasteiger partial charge in [0.15, 0.2) is 0 Å². The molecule has 2 rings (SSSR count). The monoisotopic (exact) mass is 375 g/mol. The lowest BCUT2D eigenvalue weighted by atomic mass is 10.0. The Kier molecular flexibility index (Phi) is 6.97. The van der Waals surface area contributed by atoms with E-state index in [0.29, 0.717) is 11.4 Å². The summed E-state index contributed by atoms with van der Waals surface area (Å²) in [5, 5.41) is 12.6. The average Bonchev–Trinajstić information content (AvgIpc) is 2.63. The van der Waals surface area contributed by atoms with E-state index in [1.54, 1.807) is 32.3 Å². The Hall–Kier alpha value is -2.60. The summed E-state index contributed by atoms with van der Waals surface area (Å²) in [5.41, 5.74) is 1.74. The van der Waals surface area contributed by atoms with E-state index in [4.69, 9.17) is 16.7 Å². The van der Waals surface area contributed by atoms with E-state index in [0.717, 1.165) is 11.3 Å². The van der Waals surface area contributed by atoms with Gasteiger partial charge in [-0.3, -0.25) is 9.78 Å². The SMILES string of the molecule is CC(CN(C)C(=O)NC(Cc1ccc(Cl)cc1)c1ccccn1)C(=O)O. The summed E-state index contributed by atoms with van der Waals surface area (Å²) in [6, 6.07) is 12.2. The molecular formula is C19H22ClN3O3. The third-order valence-corrected chi connectivity index (χ3v) is 4.26. The zero-order valence-corrected chi connectivity index (χ0v) is 15.5. The molecule has 2 atom stereocenters. The number of urea groups is 1. The van der Waals surface area contributed by atoms with Crippen molar-refractivity contribution in [2.24, 2.45) is 5.92 Å². The molecule has 0 saturated heterocycles. The second-order valence-corrected chi connectivity index (χ2v) is 6.64. The van der Waals surface area contributed by atoms with E-state index in [9.17, 15) is 9.59 Å². The molecule has 0 aliphatic heterocycles. The molecule has 2 amide bonds. The summed E-state index contributed by atoms with van der Waals surface area (Å²) in [5.74, 6) is -1.58. The third-order valence-electron chi connectivity index (χ3n) is 4.01. The number of carbonyl (C=O) groups excluding carboxylic acids is 1. The Bertz CT molecular complexity index is 737. The first-order valence-corrected chi connectivity index (χ1v) is 8.64. The predicted octanol–water partition coefficient (Wildman–Crippen LogP) is 3.38. The molecule has 0 spiro atoms. The molecule has 0 aliphatic carbocycles. The van der Waals surface area contributed by atoms with Crippen LogP contribution in [-0.4, -0.2) is 40.6 Å². The summed E-state index contributed by atoms with van der Waals surface area (Å²) < 4.78 is 0. The van der Waals surface area contributed by atoms with Crippen molar-refractivity contribution >= 4 is 23.6 Å². The van der Waals surface area contributed by atoms with Crippen molar-refractivity contribution < 1.29 is 14.7 Å². The van der Waals surface area contributed by atoms with Gasteiger partial charge in [-0.15, -0.1) is 0 Å². The van der Waals surface area contributed by atoms with Crippen molar-refractivity contribution in [3.05, 3.63) is 64.9 Å². The van der Waals surface area contributed by atoms with Crippen molar-refractivity contribution in [1.82, 2.24) is 15.2 Å². The van der Waals surface area contributed by atoms with Crippen LogP contribution in [0.4, 0.5) is 4.79 Å². The van der Waals surface area contributed by atoms with Crippen molar-refractivity contribution in [3.8, 4) is 0 Å². The van der Waals surface area contributed by atoms with Crippen LogP contribution in [0.1, 0.15) is 24.2 Å². The van der Waals surface area contributed by atoms with E-state index in [2.05, 4.69) is 10.3 Å². The number of pyridine rings is 1. The molecule has 0 saturated carbocycles. The number of aromatic nitrogens is 1. The van der Waals surface area contributed by atoms with Crippen LogP contribution >= 0.6 is 11.6 Å². The molecule has 0 bridgehead atoms. The molecule has 6 nitrogen and oxygen atoms in total. The van der Waals surface area contributed by atoms with Crippen LogP contribution in [0.5, 0.6) is 0 Å². The standard InChI is InChI=1S/C19H22ClN3O3/c1-13(18(24)25)12-23(2)19(26)22-17(16-5-3-4-10-21-16)11-14-6-8-15(20)9-7-14/h3-10,13,17H,11-12H2,1-2H3,(H,22,26)(H,24,25). The zero-order valence-electron chi connectivity index (χ0n) is 14.7. The second kappa shape index (κ2) is 9.20. The topological polar surface area (TPSA) is 82.5 Å². The normalized spacial score (nSPS) is 12.9. The molecule has 2 aromatic rings. The summed E-state index contributed by atoms with van der Waals surface area (Å²) in [4.78, 5) is 29.2. The van der Waals surface area contributed by atoms with Gasteiger partial charge < -0.3 is 15.3 Å². The minimum absolute atomic E-state index is 0.122. The lowest BCUT2D eigenvalue weighted by Gasteiger charge is -2.24. The fourth-order valence-corrected chi connectivity index (χ4v) is 2.62. The third kappa shape index (κ3) is 5.74. The Morgan fingerprint density at radius 2 is 1.92 bits per heavy atom. The quantitative estimate of drug-likeness (QED) is 0.777. The van der Waals surface area contributed by atoms with Gasteiger partial charge in [-0.2, -0.15) is 0 Å². The van der Waals surface area contributed by atoms with Crippen molar-refractivity contribution in [3.63, 3.8) is 0 Å². The lowest BCUT2D eigenvalue weighted by Crippen LogP contribution is -2.43. The molecule has 7 heteroatoms. The molecule has 2 unspecified atom stereocenters. The van der Waals surface area contributed by atoms with Crippen LogP contribution in [-0.2, 0) is 11.2 Å². The van der Waals surface area contributed by atoms with E-state index in [1.807, 2.05) is 30.3 Å². The fraction of sp³-hybridized carbons (Fsp3) is 0.316. The average molecular weight is 376 g/mol. The van der Waals surface area contributed by atoms with Crippen molar-refractivity contribution in [2.75, 3.05) is 13.6 Å². The number of rotatable bonds is 7. The second-order valence-electron chi connectivity index (χ2n) is 6.21. The molecule has 1 heterocycles. The lowest BCUT2D eigenvalue weighted by molar-refractivity contribution is -0.141. The maximum absolute atomic E-state index is 12.5. The van der Waals surface area contributed by atoms with Gasteiger partial charge >= 0.3 is 12.0 Å². The minimum Gasteiger partial charge on any atom is -0.481 e. The van der Waals surface area contributed by atoms with E-state index < -0.39 is 11.9 Å². The van der Waals surface area contributed by atoms with Gasteiger partial charge in [0.05, 0.1) is 17.7 Å². The first-order valence-electron chi connectivity index (χ1n) is 8.26. The molecule has 2 N–H and O–H groups in total. The largest absolute Gasteiger partial charge is 0.481 e. The first-order chi connectivity index (χ1) is 12.4. The molecule has 1 aromatic carbocycles. The van der Waals surface area contributed by atoms with Gasteiger partial charge in [-0.25, -0.2) is 4.79 Å². The molecule has 0 radical (unpaired) electrons. The summed E-state index contributed by atoms with van der Waals surface area (Å²) >= 11 is 5.93. The zero-order chi connectivity index (χ0) is 19.1. The van der Waals surface area contributed by atoms with Gasteiger partial charge in [0.25, 0.3) is 0 Å². The summed E-state index contributed by atoms with van der Waals surface area (Å²) in [7, 11) is 1.58. The maximum Gasteiger partial charge on any atom is 0.317 e. The molecule has 138 valence electrons. The van der Waals surface area contributed by atoms with Gasteiger partial charge in [0, 0.05) is 24.8 Å². The van der Waals surface area contributed by atoms with Crippen LogP contribution in [0.3, 0.4) is 0 Å². The van der Waals surface area contributed by atoms with Crippen molar-refractivity contribution in [1.29, 1.82) is 0 Å². The number of nitrogens with one attached hydrogen (secondary N) is 1. The molecular weight excluding hydrogens is 354 g/mol. The highest BCUT2D eigenvalue weighted by molar-refractivity contribution is 6.30. The predicted molar refractivity (Wildman–Crippen MR) is 100 cm³/mol. The minimum atomic E-state index is -0.938. The molecule has 1 aromatic heterocycles. The Morgan fingerprint density at radius 3 is 2.50 bits per heavy atom. The number of nitrogens with zero attached hydrogens (tertiary/aromatic N) is 2. The first kappa shape index (κ1) is 19.7. The number of aliphatic carboxylic acids is 1. The highest BCUT2D eigenvalue weighted by Crippen LogP contribution is 2.19. The summed E-state index contributed by atoms with van der Waals surface area (Å²) in [6.45, 7) is 1.69. The number of carbonyl (C=O) groups is 2. The van der Waals surface area contributed by atoms with Gasteiger partial charge in [0.1, 0.15) is 0 Å². The van der Waals surface area contributed by atoms with E-state index in [-0.39, 0.29) is 18.6 Å². The summed E-state index contributed by atoms with van der Waals surface area (Å²) in [6.07, 6.45) is 2.22. The van der Waals surface area contributed by atoms with E-state index >= 15 is 0 Å². The number of halogens is 1. The van der Waals surface area contributed by atoms with Crippen LogP contribution < -0.4 is 5.32 Å². The smallest absolute Gasteiger partial charge is 0.317 e. The Morgan fingerprint density at radius 1 is 1.23 bits per heavy atom. The number of carboxylic acids is 1. The molecule has 0 fully saturated rings. The van der Waals surface area contributed by atoms with Crippen LogP contribution in [0.15, 0.2) is 48.7 Å². The van der Waals surface area contributed by atoms with Gasteiger partial charge in [-0.05, 0) is 36.2 Å². The highest BCUT2D eigenvalue weighted by Gasteiger charge is 2.21. The number of hydrogen-bond donors (Lipinski definition) is 2. The Labute approximate surface area is 157 Å². The van der Waals surface area contributed by atoms with Gasteiger partial charge in [-0.1, -0.05) is 36.7 Å². The van der Waals surface area contributed by atoms with Crippen molar-refractivity contribution in [2.45, 2.75) is 19.4 Å². The molecule has 26 heavy (non-hydrogen) atoms. The van der Waals surface area contributed by atoms with Crippen LogP contribution in [0.2, 0.25) is 5.02 Å². The Balaban J connectivity index is 2.12. The van der Waals surface area contributed by atoms with E-state index in [1.165, 1.54) is 4.90 Å². The number of carboxylic acid groups (broad SMARTS) is 1.